The Kier molecular flexibility index (Phi) is 2.54. The molecule has 0 fully saturated rings. The van der Waals surface area contributed by atoms with Crippen LogP contribution in [0.2, 0.25) is 0 Å². The van der Waals surface area contributed by atoms with Gasteiger partial charge in [0.1, 0.15) is 6.42 Å². The molecule has 0 aromatic carbocycles. The van der Waals surface area contributed by atoms with E-state index in [2.05, 4.69) is 12.6 Å². The molecule has 1 aromatic heterocycles. The third-order valence-electron chi connectivity index (χ3n) is 1.31. The maximum absolute atomic E-state index is 10.9. The number of pyridine rings is 1. The molecule has 0 aliphatic rings. The fraction of sp³-hybridized carbons (Fsp3) is 0.143. The van der Waals surface area contributed by atoms with Crippen molar-refractivity contribution in [2.45, 2.75) is 11.3 Å². The number of rotatable bonds is 2. The second kappa shape index (κ2) is 3.44. The molecule has 1 aromatic rings. The minimum Gasteiger partial charge on any atom is -0.618 e. The Bertz CT molecular complexity index is 314. The second-order valence-corrected chi connectivity index (χ2v) is 2.79. The SMILES string of the molecule is O=C(O)Cc1cc(S)cc[n+]1[O-]. The quantitative estimate of drug-likeness (QED) is 0.394. The highest BCUT2D eigenvalue weighted by Crippen LogP contribution is 2.04. The predicted molar refractivity (Wildman–Crippen MR) is 44.0 cm³/mol. The third kappa shape index (κ3) is 2.13. The first-order chi connectivity index (χ1) is 5.59. The Labute approximate surface area is 74.5 Å². The summed E-state index contributed by atoms with van der Waals surface area (Å²) in [5.41, 5.74) is 0.190. The molecular weight excluding hydrogens is 178 g/mol. The molecule has 0 aliphatic heterocycles. The van der Waals surface area contributed by atoms with Gasteiger partial charge >= 0.3 is 5.97 Å². The van der Waals surface area contributed by atoms with Crippen molar-refractivity contribution in [1.82, 2.24) is 0 Å². The molecule has 0 bridgehead atoms. The van der Waals surface area contributed by atoms with Gasteiger partial charge < -0.3 is 10.3 Å². The molecule has 0 saturated carbocycles. The first-order valence-corrected chi connectivity index (χ1v) is 3.67. The molecule has 0 atom stereocenters. The number of hydrogen-bond acceptors (Lipinski definition) is 3. The van der Waals surface area contributed by atoms with E-state index >= 15 is 0 Å². The van der Waals surface area contributed by atoms with Crippen LogP contribution in [0.4, 0.5) is 0 Å². The van der Waals surface area contributed by atoms with Crippen molar-refractivity contribution in [1.29, 1.82) is 0 Å². The van der Waals surface area contributed by atoms with Crippen LogP contribution in [-0.4, -0.2) is 11.1 Å². The molecule has 5 heteroatoms. The first-order valence-electron chi connectivity index (χ1n) is 3.22. The third-order valence-corrected chi connectivity index (χ3v) is 1.59. The highest BCUT2D eigenvalue weighted by molar-refractivity contribution is 7.80. The van der Waals surface area contributed by atoms with Gasteiger partial charge in [0, 0.05) is 17.0 Å². The van der Waals surface area contributed by atoms with E-state index in [1.54, 1.807) is 0 Å². The lowest BCUT2D eigenvalue weighted by atomic mass is 10.3. The van der Waals surface area contributed by atoms with E-state index < -0.39 is 5.97 Å². The summed E-state index contributed by atoms with van der Waals surface area (Å²) in [5.74, 6) is -1.03. The lowest BCUT2D eigenvalue weighted by Crippen LogP contribution is -2.32. The van der Waals surface area contributed by atoms with Crippen molar-refractivity contribution in [2.75, 3.05) is 0 Å². The molecule has 0 radical (unpaired) electrons. The molecule has 0 spiro atoms. The average molecular weight is 185 g/mol. The number of thiol groups is 1. The highest BCUT2D eigenvalue weighted by atomic mass is 32.1. The van der Waals surface area contributed by atoms with Gasteiger partial charge in [-0.1, -0.05) is 0 Å². The molecule has 4 nitrogen and oxygen atoms in total. The standard InChI is InChI=1S/C7H7NO3S/c9-7(10)4-5-3-6(12)1-2-8(5)11/h1-3,12H,4H2,(H,9,10). The number of aliphatic carboxylic acids is 1. The smallest absolute Gasteiger partial charge is 0.314 e. The summed E-state index contributed by atoms with van der Waals surface area (Å²) in [6, 6.07) is 2.94. The topological polar surface area (TPSA) is 64.2 Å². The van der Waals surface area contributed by atoms with Crippen LogP contribution < -0.4 is 4.73 Å². The summed E-state index contributed by atoms with van der Waals surface area (Å²) in [6.45, 7) is 0. The molecule has 0 aliphatic carbocycles. The van der Waals surface area contributed by atoms with E-state index in [4.69, 9.17) is 5.11 Å². The van der Waals surface area contributed by atoms with E-state index in [1.807, 2.05) is 0 Å². The second-order valence-electron chi connectivity index (χ2n) is 2.27. The van der Waals surface area contributed by atoms with Gasteiger partial charge in [-0.05, 0) is 0 Å². The van der Waals surface area contributed by atoms with E-state index in [9.17, 15) is 10.0 Å². The van der Waals surface area contributed by atoms with Crippen molar-refractivity contribution in [3.63, 3.8) is 0 Å². The molecule has 0 saturated heterocycles. The van der Waals surface area contributed by atoms with Crippen LogP contribution in [0.5, 0.6) is 0 Å². The van der Waals surface area contributed by atoms with Gasteiger partial charge in [0.2, 0.25) is 5.69 Å². The minimum absolute atomic E-state index is 0.190. The number of hydrogen-bond donors (Lipinski definition) is 2. The van der Waals surface area contributed by atoms with Crippen molar-refractivity contribution in [3.8, 4) is 0 Å². The molecule has 1 N–H and O–H groups in total. The zero-order valence-electron chi connectivity index (χ0n) is 6.10. The maximum Gasteiger partial charge on any atom is 0.314 e. The number of carboxylic acids is 1. The van der Waals surface area contributed by atoms with Crippen LogP contribution in [0.25, 0.3) is 0 Å². The maximum atomic E-state index is 10.9. The van der Waals surface area contributed by atoms with E-state index in [-0.39, 0.29) is 12.1 Å². The normalized spacial score (nSPS) is 9.75. The predicted octanol–water partition coefficient (Wildman–Crippen LogP) is 0.236. The van der Waals surface area contributed by atoms with Gasteiger partial charge in [0.15, 0.2) is 6.20 Å². The van der Waals surface area contributed by atoms with Crippen molar-refractivity contribution >= 4 is 18.6 Å². The van der Waals surface area contributed by atoms with Crippen LogP contribution >= 0.6 is 12.6 Å². The summed E-state index contributed by atoms with van der Waals surface area (Å²) in [7, 11) is 0. The fourth-order valence-corrected chi connectivity index (χ4v) is 1.02. The van der Waals surface area contributed by atoms with Gasteiger partial charge in [0.25, 0.3) is 0 Å². The molecular formula is C7H7NO3S. The molecule has 1 rings (SSSR count). The highest BCUT2D eigenvalue weighted by Gasteiger charge is 2.09. The van der Waals surface area contributed by atoms with Crippen LogP contribution in [0, 0.1) is 5.21 Å². The Balaban J connectivity index is 2.97. The number of nitrogens with zero attached hydrogens (tertiary/aromatic N) is 1. The monoisotopic (exact) mass is 185 g/mol. The van der Waals surface area contributed by atoms with Crippen LogP contribution in [0.15, 0.2) is 23.2 Å². The van der Waals surface area contributed by atoms with Crippen molar-refractivity contribution < 1.29 is 14.6 Å². The molecule has 0 unspecified atom stereocenters. The lowest BCUT2D eigenvalue weighted by Gasteiger charge is -2.01. The molecule has 12 heavy (non-hydrogen) atoms. The Morgan fingerprint density at radius 3 is 3.00 bits per heavy atom. The summed E-state index contributed by atoms with van der Waals surface area (Å²) in [5, 5.41) is 19.3. The van der Waals surface area contributed by atoms with E-state index in [0.29, 0.717) is 9.63 Å². The van der Waals surface area contributed by atoms with Crippen molar-refractivity contribution in [3.05, 3.63) is 29.2 Å². The van der Waals surface area contributed by atoms with E-state index in [0.717, 1.165) is 0 Å². The Hall–Kier alpha value is -1.23. The zero-order valence-corrected chi connectivity index (χ0v) is 6.99. The molecule has 1 heterocycles. The largest absolute Gasteiger partial charge is 0.618 e. The number of carbonyl (C=O) groups is 1. The van der Waals surface area contributed by atoms with Gasteiger partial charge in [-0.2, -0.15) is 4.73 Å². The molecule has 0 amide bonds. The molecule has 64 valence electrons. The summed E-state index contributed by atoms with van der Waals surface area (Å²) >= 11 is 3.98. The Morgan fingerprint density at radius 2 is 2.42 bits per heavy atom. The van der Waals surface area contributed by atoms with Crippen LogP contribution in [0.3, 0.4) is 0 Å². The van der Waals surface area contributed by atoms with Crippen molar-refractivity contribution in [2.24, 2.45) is 0 Å². The van der Waals surface area contributed by atoms with Gasteiger partial charge in [-0.3, -0.25) is 4.79 Å². The van der Waals surface area contributed by atoms with Crippen LogP contribution in [-0.2, 0) is 11.2 Å². The average Bonchev–Trinajstić information content (AvgIpc) is 1.96. The van der Waals surface area contributed by atoms with E-state index in [1.165, 1.54) is 18.3 Å². The zero-order chi connectivity index (χ0) is 9.14. The van der Waals surface area contributed by atoms with Gasteiger partial charge in [-0.25, -0.2) is 0 Å². The lowest BCUT2D eigenvalue weighted by molar-refractivity contribution is -0.613. The minimum atomic E-state index is -1.03. The Morgan fingerprint density at radius 1 is 1.75 bits per heavy atom. The van der Waals surface area contributed by atoms with Crippen LogP contribution in [0.1, 0.15) is 5.69 Å². The first kappa shape index (κ1) is 8.86. The fourth-order valence-electron chi connectivity index (χ4n) is 0.806. The van der Waals surface area contributed by atoms with Gasteiger partial charge in [-0.15, -0.1) is 12.6 Å². The summed E-state index contributed by atoms with van der Waals surface area (Å²) < 4.78 is 0.522. The number of carboxylic acid groups (broad SMARTS) is 1. The summed E-state index contributed by atoms with van der Waals surface area (Å²) in [4.78, 5) is 10.8. The number of aromatic nitrogens is 1. The summed E-state index contributed by atoms with van der Waals surface area (Å²) in [6.07, 6.45) is 0.957. The van der Waals surface area contributed by atoms with Gasteiger partial charge in [0.05, 0.1) is 0 Å².